The molecule has 0 unspecified atom stereocenters. The molecule has 1 aliphatic rings. The number of rotatable bonds is 4. The molecule has 0 fully saturated rings. The van der Waals surface area contributed by atoms with E-state index in [1.54, 1.807) is 0 Å². The van der Waals surface area contributed by atoms with Gasteiger partial charge in [0.1, 0.15) is 0 Å². The molecule has 6 aromatic rings. The van der Waals surface area contributed by atoms with Crippen molar-refractivity contribution in [3.63, 3.8) is 0 Å². The van der Waals surface area contributed by atoms with Crippen LogP contribution in [0.25, 0.3) is 11.1 Å². The van der Waals surface area contributed by atoms with Gasteiger partial charge < -0.3 is 10.6 Å². The van der Waals surface area contributed by atoms with Gasteiger partial charge in [0, 0.05) is 11.4 Å². The van der Waals surface area contributed by atoms with E-state index in [0.717, 1.165) is 33.9 Å². The molecule has 0 bridgehead atoms. The molecule has 194 valence electrons. The lowest BCUT2D eigenvalue weighted by atomic mass is 9.62. The summed E-state index contributed by atoms with van der Waals surface area (Å²) in [5, 5.41) is 9.55. The molecule has 0 aromatic heterocycles. The van der Waals surface area contributed by atoms with Crippen molar-refractivity contribution in [3.8, 4) is 17.2 Å². The number of nitrogen functional groups attached to an aromatic ring is 1. The van der Waals surface area contributed by atoms with Crippen molar-refractivity contribution >= 4 is 22.7 Å². The van der Waals surface area contributed by atoms with Gasteiger partial charge in [-0.2, -0.15) is 5.26 Å². The van der Waals surface area contributed by atoms with Gasteiger partial charge in [0.05, 0.1) is 28.4 Å². The maximum atomic E-state index is 9.55. The van der Waals surface area contributed by atoms with Crippen LogP contribution in [-0.2, 0) is 5.41 Å². The first-order valence-corrected chi connectivity index (χ1v) is 13.7. The third-order valence-electron chi connectivity index (χ3n) is 8.12. The van der Waals surface area contributed by atoms with Crippen molar-refractivity contribution in [2.24, 2.45) is 0 Å². The number of nitriles is 1. The first-order chi connectivity index (χ1) is 20.2. The van der Waals surface area contributed by atoms with E-state index in [-0.39, 0.29) is 0 Å². The van der Waals surface area contributed by atoms with Gasteiger partial charge in [-0.05, 0) is 81.9 Å². The van der Waals surface area contributed by atoms with Crippen molar-refractivity contribution < 1.29 is 0 Å². The zero-order chi connectivity index (χ0) is 27.8. The molecule has 2 N–H and O–H groups in total. The Morgan fingerprint density at radius 3 is 1.56 bits per heavy atom. The number of anilines is 4. The fourth-order valence-electron chi connectivity index (χ4n) is 6.27. The fourth-order valence-corrected chi connectivity index (χ4v) is 6.27. The summed E-state index contributed by atoms with van der Waals surface area (Å²) >= 11 is 0. The minimum absolute atomic E-state index is 0.616. The number of nitrogens with zero attached hydrogens (tertiary/aromatic N) is 2. The standard InChI is InChI=1S/C38H27N3/c39-26-27-14-18-30(19-15-27)38(31-20-22-32(40)23-21-31)34-10-4-6-12-36(34)41(37-13-7-5-11-35(37)38)33-24-16-29(17-25-33)28-8-2-1-3-9-28/h1-25H,40H2. The third-order valence-corrected chi connectivity index (χ3v) is 8.12. The monoisotopic (exact) mass is 525 g/mol. The number of hydrogen-bond donors (Lipinski definition) is 1. The van der Waals surface area contributed by atoms with Gasteiger partial charge in [-0.25, -0.2) is 0 Å². The first-order valence-electron chi connectivity index (χ1n) is 13.7. The largest absolute Gasteiger partial charge is 0.399 e. The Balaban J connectivity index is 1.50. The second kappa shape index (κ2) is 9.86. The molecule has 0 saturated carbocycles. The molecule has 0 atom stereocenters. The van der Waals surface area contributed by atoms with Crippen LogP contribution in [-0.4, -0.2) is 0 Å². The minimum Gasteiger partial charge on any atom is -0.399 e. The van der Waals surface area contributed by atoms with Crippen LogP contribution in [0.2, 0.25) is 0 Å². The van der Waals surface area contributed by atoms with E-state index >= 15 is 0 Å². The van der Waals surface area contributed by atoms with Crippen molar-refractivity contribution in [1.29, 1.82) is 5.26 Å². The fraction of sp³-hybridized carbons (Fsp3) is 0.0263. The molecule has 1 heterocycles. The topological polar surface area (TPSA) is 53.1 Å². The van der Waals surface area contributed by atoms with Gasteiger partial charge >= 0.3 is 0 Å². The molecule has 3 heteroatoms. The van der Waals surface area contributed by atoms with Crippen molar-refractivity contribution in [2.75, 3.05) is 10.6 Å². The lowest BCUT2D eigenvalue weighted by Crippen LogP contribution is -2.37. The van der Waals surface area contributed by atoms with Crippen molar-refractivity contribution in [3.05, 3.63) is 179 Å². The van der Waals surface area contributed by atoms with Crippen LogP contribution >= 0.6 is 0 Å². The Kier molecular flexibility index (Phi) is 5.88. The molecule has 1 aliphatic heterocycles. The first kappa shape index (κ1) is 24.5. The Morgan fingerprint density at radius 2 is 1.00 bits per heavy atom. The minimum atomic E-state index is -0.616. The van der Waals surface area contributed by atoms with Crippen LogP contribution in [0.3, 0.4) is 0 Å². The van der Waals surface area contributed by atoms with Gasteiger partial charge in [0.2, 0.25) is 0 Å². The summed E-state index contributed by atoms with van der Waals surface area (Å²) in [5.74, 6) is 0. The summed E-state index contributed by atoms with van der Waals surface area (Å²) in [4.78, 5) is 2.36. The van der Waals surface area contributed by atoms with Gasteiger partial charge in [-0.15, -0.1) is 0 Å². The van der Waals surface area contributed by atoms with Gasteiger partial charge in [-0.1, -0.05) is 103 Å². The van der Waals surface area contributed by atoms with E-state index in [1.807, 2.05) is 30.3 Å². The molecule has 0 spiro atoms. The second-order valence-corrected chi connectivity index (χ2v) is 10.3. The van der Waals surface area contributed by atoms with Crippen LogP contribution in [0.5, 0.6) is 0 Å². The highest BCUT2D eigenvalue weighted by molar-refractivity contribution is 5.89. The van der Waals surface area contributed by atoms with E-state index in [9.17, 15) is 5.26 Å². The third kappa shape index (κ3) is 3.89. The van der Waals surface area contributed by atoms with Crippen molar-refractivity contribution in [2.45, 2.75) is 5.41 Å². The van der Waals surface area contributed by atoms with Gasteiger partial charge in [-0.3, -0.25) is 0 Å². The SMILES string of the molecule is N#Cc1ccc(C2(c3ccc(N)cc3)c3ccccc3N(c3ccc(-c4ccccc4)cc3)c3ccccc32)cc1. The predicted molar refractivity (Wildman–Crippen MR) is 168 cm³/mol. The molecular formula is C38H27N3. The highest BCUT2D eigenvalue weighted by atomic mass is 15.2. The molecule has 0 aliphatic carbocycles. The zero-order valence-electron chi connectivity index (χ0n) is 22.4. The molecule has 0 amide bonds. The van der Waals surface area contributed by atoms with Crippen molar-refractivity contribution in [1.82, 2.24) is 0 Å². The highest BCUT2D eigenvalue weighted by Crippen LogP contribution is 2.57. The normalized spacial score (nSPS) is 13.1. The Hall–Kier alpha value is -5.59. The average Bonchev–Trinajstić information content (AvgIpc) is 3.05. The Morgan fingerprint density at radius 1 is 0.512 bits per heavy atom. The molecule has 7 rings (SSSR count). The number of nitrogens with two attached hydrogens (primary N) is 1. The predicted octanol–water partition coefficient (Wildman–Crippen LogP) is 8.97. The van der Waals surface area contributed by atoms with E-state index < -0.39 is 5.41 Å². The summed E-state index contributed by atoms with van der Waals surface area (Å²) in [6.07, 6.45) is 0. The van der Waals surface area contributed by atoms with Crippen LogP contribution < -0.4 is 10.6 Å². The summed E-state index contributed by atoms with van der Waals surface area (Å²) in [6.45, 7) is 0. The van der Waals surface area contributed by atoms with E-state index in [2.05, 4.69) is 132 Å². The van der Waals surface area contributed by atoms with Crippen LogP contribution in [0.1, 0.15) is 27.8 Å². The molecular weight excluding hydrogens is 498 g/mol. The van der Waals surface area contributed by atoms with Gasteiger partial charge in [0.25, 0.3) is 0 Å². The Labute approximate surface area is 240 Å². The maximum absolute atomic E-state index is 9.55. The van der Waals surface area contributed by atoms with Crippen LogP contribution in [0, 0.1) is 11.3 Å². The maximum Gasteiger partial charge on any atom is 0.0991 e. The van der Waals surface area contributed by atoms with Crippen LogP contribution in [0.15, 0.2) is 152 Å². The average molecular weight is 526 g/mol. The summed E-state index contributed by atoms with van der Waals surface area (Å²) in [7, 11) is 0. The van der Waals surface area contributed by atoms with E-state index in [0.29, 0.717) is 5.56 Å². The summed E-state index contributed by atoms with van der Waals surface area (Å²) in [6, 6.07) is 55.0. The number of hydrogen-bond acceptors (Lipinski definition) is 3. The molecule has 6 aromatic carbocycles. The summed E-state index contributed by atoms with van der Waals surface area (Å²) < 4.78 is 0. The summed E-state index contributed by atoms with van der Waals surface area (Å²) in [5.41, 5.74) is 17.2. The second-order valence-electron chi connectivity index (χ2n) is 10.3. The number of fused-ring (bicyclic) bond motifs is 2. The Bertz CT molecular complexity index is 1830. The zero-order valence-corrected chi connectivity index (χ0v) is 22.4. The molecule has 41 heavy (non-hydrogen) atoms. The van der Waals surface area contributed by atoms with Crippen LogP contribution in [0.4, 0.5) is 22.7 Å². The number of para-hydroxylation sites is 2. The lowest BCUT2D eigenvalue weighted by Gasteiger charge is -2.46. The van der Waals surface area contributed by atoms with E-state index in [1.165, 1.54) is 22.3 Å². The van der Waals surface area contributed by atoms with E-state index in [4.69, 9.17) is 5.73 Å². The van der Waals surface area contributed by atoms with Gasteiger partial charge in [0.15, 0.2) is 0 Å². The quantitative estimate of drug-likeness (QED) is 0.233. The number of benzene rings is 6. The highest BCUT2D eigenvalue weighted by Gasteiger charge is 2.46. The molecule has 0 saturated heterocycles. The smallest absolute Gasteiger partial charge is 0.0991 e. The molecule has 0 radical (unpaired) electrons. The molecule has 3 nitrogen and oxygen atoms in total. The lowest BCUT2D eigenvalue weighted by molar-refractivity contribution is 0.731.